The molecule has 0 aromatic carbocycles. The maximum atomic E-state index is 4.28. The van der Waals surface area contributed by atoms with Crippen molar-refractivity contribution in [2.24, 2.45) is 10.4 Å². The van der Waals surface area contributed by atoms with Gasteiger partial charge in [-0.2, -0.15) is 0 Å². The van der Waals surface area contributed by atoms with Crippen molar-refractivity contribution in [1.82, 2.24) is 5.32 Å². The van der Waals surface area contributed by atoms with Gasteiger partial charge in [0.1, 0.15) is 0 Å². The first-order chi connectivity index (χ1) is 5.91. The van der Waals surface area contributed by atoms with Crippen molar-refractivity contribution in [1.29, 1.82) is 0 Å². The van der Waals surface area contributed by atoms with E-state index in [9.17, 15) is 0 Å². The van der Waals surface area contributed by atoms with Crippen LogP contribution in [0.5, 0.6) is 0 Å². The van der Waals surface area contributed by atoms with Crippen molar-refractivity contribution in [3.8, 4) is 0 Å². The first kappa shape index (κ1) is 12.2. The second kappa shape index (κ2) is 5.05. The van der Waals surface area contributed by atoms with Gasteiger partial charge in [0.2, 0.25) is 0 Å². The summed E-state index contributed by atoms with van der Waals surface area (Å²) >= 11 is 0. The van der Waals surface area contributed by atoms with Crippen LogP contribution in [0.2, 0.25) is 0 Å². The molecule has 13 heavy (non-hydrogen) atoms. The minimum Gasteiger partial charge on any atom is -0.389 e. The van der Waals surface area contributed by atoms with Gasteiger partial charge < -0.3 is 5.32 Å². The van der Waals surface area contributed by atoms with Gasteiger partial charge in [0, 0.05) is 30.4 Å². The summed E-state index contributed by atoms with van der Waals surface area (Å²) in [5.41, 5.74) is 2.44. The van der Waals surface area contributed by atoms with Crippen molar-refractivity contribution in [3.05, 3.63) is 11.8 Å². The molecule has 1 N–H and O–H groups in total. The van der Waals surface area contributed by atoms with Crippen molar-refractivity contribution in [2.75, 3.05) is 13.6 Å². The second-order valence-corrected chi connectivity index (χ2v) is 4.22. The quantitative estimate of drug-likeness (QED) is 0.667. The zero-order chi connectivity index (χ0) is 10.5. The maximum Gasteiger partial charge on any atom is 0.0415 e. The SMILES string of the molecule is CCN/C(C)=C/C(=NC)C(C)(C)C. The van der Waals surface area contributed by atoms with Gasteiger partial charge in [-0.3, -0.25) is 4.99 Å². The minimum atomic E-state index is 0.130. The van der Waals surface area contributed by atoms with Crippen molar-refractivity contribution >= 4 is 5.71 Å². The Bertz CT molecular complexity index is 207. The molecular formula is C11H22N2. The van der Waals surface area contributed by atoms with Gasteiger partial charge in [0.25, 0.3) is 0 Å². The number of hydrogen-bond donors (Lipinski definition) is 1. The monoisotopic (exact) mass is 182 g/mol. The summed E-state index contributed by atoms with van der Waals surface area (Å²) in [6, 6.07) is 0. The molecule has 0 unspecified atom stereocenters. The third kappa shape index (κ3) is 4.71. The van der Waals surface area contributed by atoms with Crippen LogP contribution in [-0.4, -0.2) is 19.3 Å². The fourth-order valence-corrected chi connectivity index (χ4v) is 1.15. The van der Waals surface area contributed by atoms with Crippen LogP contribution >= 0.6 is 0 Å². The molecule has 0 aliphatic carbocycles. The molecule has 0 heterocycles. The van der Waals surface area contributed by atoms with E-state index in [2.05, 4.69) is 51.0 Å². The predicted molar refractivity (Wildman–Crippen MR) is 60.2 cm³/mol. The van der Waals surface area contributed by atoms with Crippen LogP contribution in [-0.2, 0) is 0 Å². The van der Waals surface area contributed by atoms with Crippen LogP contribution in [0.15, 0.2) is 16.8 Å². The lowest BCUT2D eigenvalue weighted by atomic mass is 9.89. The van der Waals surface area contributed by atoms with Crippen LogP contribution in [0.25, 0.3) is 0 Å². The number of hydrogen-bond acceptors (Lipinski definition) is 2. The summed E-state index contributed by atoms with van der Waals surface area (Å²) in [6.45, 7) is 11.6. The first-order valence-corrected chi connectivity index (χ1v) is 4.81. The zero-order valence-corrected chi connectivity index (χ0v) is 9.73. The second-order valence-electron chi connectivity index (χ2n) is 4.22. The van der Waals surface area contributed by atoms with Crippen LogP contribution in [0.3, 0.4) is 0 Å². The van der Waals surface area contributed by atoms with Gasteiger partial charge in [-0.1, -0.05) is 20.8 Å². The molecule has 0 fully saturated rings. The third-order valence-corrected chi connectivity index (χ3v) is 1.82. The number of nitrogens with one attached hydrogen (secondary N) is 1. The Morgan fingerprint density at radius 3 is 2.23 bits per heavy atom. The lowest BCUT2D eigenvalue weighted by Crippen LogP contribution is -2.20. The smallest absolute Gasteiger partial charge is 0.0415 e. The van der Waals surface area contributed by atoms with E-state index in [0.717, 1.165) is 12.3 Å². The molecule has 76 valence electrons. The van der Waals surface area contributed by atoms with Crippen LogP contribution < -0.4 is 5.32 Å². The topological polar surface area (TPSA) is 24.4 Å². The highest BCUT2D eigenvalue weighted by atomic mass is 14.9. The molecule has 2 nitrogen and oxygen atoms in total. The van der Waals surface area contributed by atoms with E-state index in [0.29, 0.717) is 0 Å². The third-order valence-electron chi connectivity index (χ3n) is 1.82. The van der Waals surface area contributed by atoms with Gasteiger partial charge in [-0.05, 0) is 19.9 Å². The van der Waals surface area contributed by atoms with E-state index in [1.54, 1.807) is 0 Å². The van der Waals surface area contributed by atoms with E-state index in [4.69, 9.17) is 0 Å². The first-order valence-electron chi connectivity index (χ1n) is 4.81. The van der Waals surface area contributed by atoms with Crippen LogP contribution in [0, 0.1) is 5.41 Å². The van der Waals surface area contributed by atoms with Crippen molar-refractivity contribution < 1.29 is 0 Å². The standard InChI is InChI=1S/C11H22N2/c1-7-13-9(2)8-10(12-6)11(3,4)5/h8,13H,7H2,1-6H3/b9-8+,12-10?. The zero-order valence-electron chi connectivity index (χ0n) is 9.73. The van der Waals surface area contributed by atoms with E-state index >= 15 is 0 Å². The summed E-state index contributed by atoms with van der Waals surface area (Å²) in [5.74, 6) is 0. The van der Waals surface area contributed by atoms with Gasteiger partial charge >= 0.3 is 0 Å². The summed E-state index contributed by atoms with van der Waals surface area (Å²) < 4.78 is 0. The van der Waals surface area contributed by atoms with Gasteiger partial charge in [-0.25, -0.2) is 0 Å². The molecule has 2 heteroatoms. The maximum absolute atomic E-state index is 4.28. The molecule has 0 radical (unpaired) electrons. The number of rotatable bonds is 3. The lowest BCUT2D eigenvalue weighted by Gasteiger charge is -2.19. The van der Waals surface area contributed by atoms with Gasteiger partial charge in [0.15, 0.2) is 0 Å². The normalized spacial score (nSPS) is 14.6. The molecule has 0 saturated carbocycles. The molecule has 0 atom stereocenters. The van der Waals surface area contributed by atoms with Crippen LogP contribution in [0.4, 0.5) is 0 Å². The van der Waals surface area contributed by atoms with Gasteiger partial charge in [-0.15, -0.1) is 0 Å². The molecule has 0 amide bonds. The molecule has 0 aromatic heterocycles. The molecule has 0 rings (SSSR count). The van der Waals surface area contributed by atoms with E-state index in [-0.39, 0.29) is 5.41 Å². The summed E-state index contributed by atoms with van der Waals surface area (Å²) in [6.07, 6.45) is 2.11. The molecule has 0 bridgehead atoms. The predicted octanol–water partition coefficient (Wildman–Crippen LogP) is 2.62. The van der Waals surface area contributed by atoms with E-state index < -0.39 is 0 Å². The lowest BCUT2D eigenvalue weighted by molar-refractivity contribution is 0.592. The fraction of sp³-hybridized carbons (Fsp3) is 0.727. The summed E-state index contributed by atoms with van der Waals surface area (Å²) in [7, 11) is 1.84. The molecule has 0 aliphatic rings. The highest BCUT2D eigenvalue weighted by Crippen LogP contribution is 2.17. The minimum absolute atomic E-state index is 0.130. The Hall–Kier alpha value is -0.790. The Balaban J connectivity index is 4.56. The molecular weight excluding hydrogens is 160 g/mol. The van der Waals surface area contributed by atoms with Crippen molar-refractivity contribution in [3.63, 3.8) is 0 Å². The molecule has 0 spiro atoms. The Labute approximate surface area is 82.1 Å². The Kier molecular flexibility index (Phi) is 4.74. The number of nitrogens with zero attached hydrogens (tertiary/aromatic N) is 1. The fourth-order valence-electron chi connectivity index (χ4n) is 1.15. The average molecular weight is 182 g/mol. The molecule has 0 saturated heterocycles. The Morgan fingerprint density at radius 1 is 1.38 bits per heavy atom. The van der Waals surface area contributed by atoms with Gasteiger partial charge in [0.05, 0.1) is 0 Å². The number of aliphatic imine (C=N–C) groups is 1. The highest BCUT2D eigenvalue weighted by molar-refractivity contribution is 5.99. The summed E-state index contributed by atoms with van der Waals surface area (Å²) in [4.78, 5) is 4.28. The van der Waals surface area contributed by atoms with E-state index in [1.807, 2.05) is 7.05 Å². The van der Waals surface area contributed by atoms with E-state index in [1.165, 1.54) is 5.70 Å². The summed E-state index contributed by atoms with van der Waals surface area (Å²) in [5, 5.41) is 3.26. The van der Waals surface area contributed by atoms with Crippen LogP contribution in [0.1, 0.15) is 34.6 Å². The molecule has 0 aromatic rings. The number of allylic oxidation sites excluding steroid dienone is 2. The van der Waals surface area contributed by atoms with Crippen molar-refractivity contribution in [2.45, 2.75) is 34.6 Å². The average Bonchev–Trinajstić information content (AvgIpc) is 1.98. The molecule has 0 aliphatic heterocycles. The highest BCUT2D eigenvalue weighted by Gasteiger charge is 2.15. The largest absolute Gasteiger partial charge is 0.389 e. The Morgan fingerprint density at radius 2 is 1.92 bits per heavy atom.